The van der Waals surface area contributed by atoms with E-state index < -0.39 is 0 Å². The zero-order chi connectivity index (χ0) is 6.15. The first-order valence-corrected chi connectivity index (χ1v) is 4.61. The molecule has 1 atom stereocenters. The summed E-state index contributed by atoms with van der Waals surface area (Å²) in [7, 11) is 0. The SMILES string of the molecule is CC1=CC(C)[C]([Hf])=C1. The van der Waals surface area contributed by atoms with E-state index in [1.807, 2.05) is 0 Å². The fraction of sp³-hybridized carbons (Fsp3) is 0.429. The molecule has 0 saturated carbocycles. The van der Waals surface area contributed by atoms with Gasteiger partial charge in [0.1, 0.15) is 0 Å². The second-order valence-electron chi connectivity index (χ2n) is 2.30. The molecule has 0 radical (unpaired) electrons. The Kier molecular flexibility index (Phi) is 1.86. The van der Waals surface area contributed by atoms with Crippen molar-refractivity contribution in [2.24, 2.45) is 5.92 Å². The molecule has 0 aromatic carbocycles. The van der Waals surface area contributed by atoms with Crippen LogP contribution in [0, 0.1) is 5.92 Å². The molecule has 0 aromatic heterocycles. The van der Waals surface area contributed by atoms with Gasteiger partial charge in [-0.15, -0.1) is 0 Å². The minimum atomic E-state index is 0.752. The van der Waals surface area contributed by atoms with E-state index >= 15 is 0 Å². The van der Waals surface area contributed by atoms with Crippen LogP contribution < -0.4 is 0 Å². The van der Waals surface area contributed by atoms with Gasteiger partial charge >= 0.3 is 65.2 Å². The fourth-order valence-corrected chi connectivity index (χ4v) is 2.03. The minimum absolute atomic E-state index is 0.752. The summed E-state index contributed by atoms with van der Waals surface area (Å²) in [5.41, 5.74) is 1.45. The molecule has 8 heavy (non-hydrogen) atoms. The Hall–Kier alpha value is 0.350. The summed E-state index contributed by atoms with van der Waals surface area (Å²) in [6.45, 7) is 4.43. The van der Waals surface area contributed by atoms with E-state index in [2.05, 4.69) is 26.0 Å². The molecule has 0 bridgehead atoms. The molecule has 0 spiro atoms. The second-order valence-corrected chi connectivity index (χ2v) is 4.37. The van der Waals surface area contributed by atoms with Crippen LogP contribution in [0.4, 0.5) is 0 Å². The molecule has 0 aliphatic heterocycles. The quantitative estimate of drug-likeness (QED) is 0.591. The number of rotatable bonds is 0. The third-order valence-electron chi connectivity index (χ3n) is 1.39. The molecular formula is C7H9Hf. The predicted molar refractivity (Wildman–Crippen MR) is 31.0 cm³/mol. The Bertz CT molecular complexity index is 154. The van der Waals surface area contributed by atoms with Gasteiger partial charge in [0.25, 0.3) is 0 Å². The molecule has 0 aromatic rings. The van der Waals surface area contributed by atoms with Crippen LogP contribution in [0.25, 0.3) is 0 Å². The molecule has 0 heterocycles. The van der Waals surface area contributed by atoms with Crippen LogP contribution in [0.2, 0.25) is 0 Å². The van der Waals surface area contributed by atoms with Gasteiger partial charge in [-0.05, 0) is 0 Å². The van der Waals surface area contributed by atoms with E-state index in [0.29, 0.717) is 0 Å². The van der Waals surface area contributed by atoms with Gasteiger partial charge in [-0.1, -0.05) is 0 Å². The third-order valence-corrected chi connectivity index (χ3v) is 3.54. The first kappa shape index (κ1) is 6.47. The van der Waals surface area contributed by atoms with E-state index in [4.69, 9.17) is 0 Å². The van der Waals surface area contributed by atoms with Crippen molar-refractivity contribution in [1.82, 2.24) is 0 Å². The first-order valence-electron chi connectivity index (χ1n) is 2.82. The van der Waals surface area contributed by atoms with Crippen molar-refractivity contribution in [2.45, 2.75) is 13.8 Å². The molecular weight excluding hydrogens is 263 g/mol. The summed E-state index contributed by atoms with van der Waals surface area (Å²) in [4.78, 5) is 0. The maximum atomic E-state index is 2.32. The zero-order valence-corrected chi connectivity index (χ0v) is 8.82. The van der Waals surface area contributed by atoms with E-state index in [1.165, 1.54) is 29.9 Å². The van der Waals surface area contributed by atoms with Crippen molar-refractivity contribution in [3.8, 4) is 0 Å². The van der Waals surface area contributed by atoms with Gasteiger partial charge in [0.15, 0.2) is 0 Å². The van der Waals surface area contributed by atoms with Crippen LogP contribution in [-0.4, -0.2) is 0 Å². The summed E-state index contributed by atoms with van der Waals surface area (Å²) < 4.78 is 1.63. The van der Waals surface area contributed by atoms with E-state index in [1.54, 1.807) is 3.33 Å². The summed E-state index contributed by atoms with van der Waals surface area (Å²) in [5, 5.41) is 0. The molecule has 1 rings (SSSR count). The molecule has 0 N–H and O–H groups in total. The van der Waals surface area contributed by atoms with E-state index in [9.17, 15) is 0 Å². The summed E-state index contributed by atoms with van der Waals surface area (Å²) in [6, 6.07) is 0. The molecule has 1 unspecified atom stereocenters. The molecule has 0 nitrogen and oxygen atoms in total. The molecule has 41 valence electrons. The Balaban J connectivity index is 2.78. The van der Waals surface area contributed by atoms with Crippen molar-refractivity contribution in [3.05, 3.63) is 21.1 Å². The second kappa shape index (κ2) is 2.30. The van der Waals surface area contributed by atoms with Crippen molar-refractivity contribution in [2.75, 3.05) is 0 Å². The maximum absolute atomic E-state index is 2.32. The van der Waals surface area contributed by atoms with Gasteiger partial charge < -0.3 is 0 Å². The zero-order valence-electron chi connectivity index (χ0n) is 5.23. The third kappa shape index (κ3) is 1.19. The van der Waals surface area contributed by atoms with Gasteiger partial charge in [-0.2, -0.15) is 0 Å². The standard InChI is InChI=1S/C7H9.Hf/c1-6-3-4-7(2)5-6;/h3,5,7H,1-2H3;. The Labute approximate surface area is 65.2 Å². The normalized spacial score (nSPS) is 27.4. The average molecular weight is 272 g/mol. The van der Waals surface area contributed by atoms with Crippen molar-refractivity contribution < 1.29 is 24.4 Å². The van der Waals surface area contributed by atoms with Crippen LogP contribution >= 0.6 is 0 Å². The molecule has 0 saturated heterocycles. The summed E-state index contributed by atoms with van der Waals surface area (Å²) >= 11 is 1.23. The van der Waals surface area contributed by atoms with Crippen LogP contribution in [0.3, 0.4) is 0 Å². The Morgan fingerprint density at radius 1 is 1.62 bits per heavy atom. The first-order chi connectivity index (χ1) is 3.70. The molecule has 0 amide bonds. The predicted octanol–water partition coefficient (Wildman–Crippen LogP) is 2.01. The summed E-state index contributed by atoms with van der Waals surface area (Å²) in [5.74, 6) is 0.752. The molecule has 1 aliphatic rings. The fourth-order valence-electron chi connectivity index (χ4n) is 0.909. The van der Waals surface area contributed by atoms with Gasteiger partial charge in [-0.3, -0.25) is 0 Å². The van der Waals surface area contributed by atoms with E-state index in [-0.39, 0.29) is 0 Å². The number of allylic oxidation sites excluding steroid dienone is 4. The van der Waals surface area contributed by atoms with E-state index in [0.717, 1.165) is 5.92 Å². The molecule has 1 aliphatic carbocycles. The van der Waals surface area contributed by atoms with Crippen LogP contribution in [0.5, 0.6) is 0 Å². The van der Waals surface area contributed by atoms with Crippen LogP contribution in [0.15, 0.2) is 21.1 Å². The van der Waals surface area contributed by atoms with Crippen LogP contribution in [-0.2, 0) is 24.4 Å². The van der Waals surface area contributed by atoms with Gasteiger partial charge in [-0.25, -0.2) is 0 Å². The van der Waals surface area contributed by atoms with Gasteiger partial charge in [0, 0.05) is 0 Å². The van der Waals surface area contributed by atoms with Gasteiger partial charge in [0.05, 0.1) is 0 Å². The Morgan fingerprint density at radius 3 is 2.38 bits per heavy atom. The topological polar surface area (TPSA) is 0 Å². The van der Waals surface area contributed by atoms with Crippen molar-refractivity contribution in [1.29, 1.82) is 0 Å². The molecule has 0 fully saturated rings. The van der Waals surface area contributed by atoms with Crippen molar-refractivity contribution in [3.63, 3.8) is 0 Å². The number of hydrogen-bond donors (Lipinski definition) is 0. The summed E-state index contributed by atoms with van der Waals surface area (Å²) in [6.07, 6.45) is 4.62. The van der Waals surface area contributed by atoms with Crippen molar-refractivity contribution >= 4 is 0 Å². The average Bonchev–Trinajstić information content (AvgIpc) is 1.85. The van der Waals surface area contributed by atoms with Crippen LogP contribution in [0.1, 0.15) is 13.8 Å². The Morgan fingerprint density at radius 2 is 2.25 bits per heavy atom. The monoisotopic (exact) mass is 273 g/mol. The number of hydrogen-bond acceptors (Lipinski definition) is 0. The molecule has 1 heteroatoms. The van der Waals surface area contributed by atoms with Gasteiger partial charge in [0.2, 0.25) is 0 Å².